The quantitative estimate of drug-likeness (QED) is 0.362. The van der Waals surface area contributed by atoms with Crippen molar-refractivity contribution in [1.29, 1.82) is 0 Å². The molecule has 0 saturated carbocycles. The summed E-state index contributed by atoms with van der Waals surface area (Å²) in [6, 6.07) is 17.2. The van der Waals surface area contributed by atoms with Crippen molar-refractivity contribution >= 4 is 11.7 Å². The van der Waals surface area contributed by atoms with Crippen LogP contribution >= 0.6 is 0 Å². The smallest absolute Gasteiger partial charge is 0.318 e. The number of nitro benzene ring substituents is 1. The van der Waals surface area contributed by atoms with Crippen LogP contribution in [0, 0.1) is 10.1 Å². The lowest BCUT2D eigenvalue weighted by Crippen LogP contribution is -2.21. The van der Waals surface area contributed by atoms with Crippen LogP contribution in [-0.2, 0) is 16.1 Å². The molecule has 8 nitrogen and oxygen atoms in total. The Morgan fingerprint density at radius 3 is 2.20 bits per heavy atom. The molecule has 0 atom stereocenters. The molecule has 3 aromatic rings. The molecular weight excluding hydrogens is 390 g/mol. The summed E-state index contributed by atoms with van der Waals surface area (Å²) in [5.41, 5.74) is 1.40. The molecule has 8 heteroatoms. The second kappa shape index (κ2) is 7.07. The monoisotopic (exact) mass is 405 g/mol. The van der Waals surface area contributed by atoms with E-state index in [1.807, 2.05) is 24.3 Å². The molecule has 0 bridgehead atoms. The Bertz CT molecular complexity index is 1130. The zero-order chi connectivity index (χ0) is 20.7. The van der Waals surface area contributed by atoms with Gasteiger partial charge in [-0.2, -0.15) is 0 Å². The van der Waals surface area contributed by atoms with Crippen molar-refractivity contribution in [1.82, 2.24) is 0 Å². The predicted molar refractivity (Wildman–Crippen MR) is 104 cm³/mol. The van der Waals surface area contributed by atoms with Gasteiger partial charge in [-0.1, -0.05) is 36.4 Å². The molecule has 0 aromatic heterocycles. The van der Waals surface area contributed by atoms with Crippen molar-refractivity contribution in [3.05, 3.63) is 87.5 Å². The second-order valence-electron chi connectivity index (χ2n) is 6.81. The standard InChI is InChI=1S/C22H15NO7/c24-22(27-11-13-9-19-20(29-12-28-19)10-16(13)23(25)26)21-14-5-1-3-7-17(14)30-18-8-4-2-6-15(18)21/h1-10,21H,11-12H2. The van der Waals surface area contributed by atoms with E-state index in [2.05, 4.69) is 0 Å². The Labute approximate surface area is 170 Å². The van der Waals surface area contributed by atoms with Gasteiger partial charge in [0.25, 0.3) is 5.69 Å². The van der Waals surface area contributed by atoms with Crippen LogP contribution in [0.1, 0.15) is 22.6 Å². The normalized spacial score (nSPS) is 13.7. The number of fused-ring (bicyclic) bond motifs is 3. The van der Waals surface area contributed by atoms with Gasteiger partial charge >= 0.3 is 5.97 Å². The number of carbonyl (C=O) groups excluding carboxylic acids is 1. The molecule has 0 N–H and O–H groups in total. The van der Waals surface area contributed by atoms with Gasteiger partial charge in [0.05, 0.1) is 16.6 Å². The summed E-state index contributed by atoms with van der Waals surface area (Å²) in [6.45, 7) is -0.279. The summed E-state index contributed by atoms with van der Waals surface area (Å²) >= 11 is 0. The molecule has 30 heavy (non-hydrogen) atoms. The topological polar surface area (TPSA) is 97.1 Å². The third-order valence-corrected chi connectivity index (χ3v) is 5.06. The fourth-order valence-electron chi connectivity index (χ4n) is 3.65. The van der Waals surface area contributed by atoms with Crippen molar-refractivity contribution in [2.24, 2.45) is 0 Å². The number of nitro groups is 1. The molecular formula is C22H15NO7. The average molecular weight is 405 g/mol. The number of esters is 1. The number of hydrogen-bond acceptors (Lipinski definition) is 7. The van der Waals surface area contributed by atoms with E-state index in [0.29, 0.717) is 34.1 Å². The number of carbonyl (C=O) groups is 1. The molecule has 0 amide bonds. The second-order valence-corrected chi connectivity index (χ2v) is 6.81. The summed E-state index contributed by atoms with van der Waals surface area (Å²) in [6.07, 6.45) is 0. The summed E-state index contributed by atoms with van der Waals surface area (Å²) < 4.78 is 21.9. The van der Waals surface area contributed by atoms with E-state index in [1.54, 1.807) is 24.3 Å². The van der Waals surface area contributed by atoms with Crippen molar-refractivity contribution in [3.63, 3.8) is 0 Å². The zero-order valence-electron chi connectivity index (χ0n) is 15.6. The Kier molecular flexibility index (Phi) is 4.24. The molecule has 0 spiro atoms. The van der Waals surface area contributed by atoms with Gasteiger partial charge in [-0.3, -0.25) is 14.9 Å². The highest BCUT2D eigenvalue weighted by Gasteiger charge is 2.34. The third-order valence-electron chi connectivity index (χ3n) is 5.06. The van der Waals surface area contributed by atoms with Gasteiger partial charge < -0.3 is 18.9 Å². The van der Waals surface area contributed by atoms with Gasteiger partial charge in [-0.25, -0.2) is 0 Å². The van der Waals surface area contributed by atoms with Crippen LogP contribution in [0.3, 0.4) is 0 Å². The third kappa shape index (κ3) is 2.98. The molecule has 3 aromatic carbocycles. The maximum absolute atomic E-state index is 13.1. The lowest BCUT2D eigenvalue weighted by atomic mass is 9.88. The van der Waals surface area contributed by atoms with E-state index < -0.39 is 16.8 Å². The van der Waals surface area contributed by atoms with Crippen LogP contribution in [-0.4, -0.2) is 17.7 Å². The minimum atomic E-state index is -0.695. The van der Waals surface area contributed by atoms with Crippen molar-refractivity contribution in [2.45, 2.75) is 12.5 Å². The van der Waals surface area contributed by atoms with E-state index in [9.17, 15) is 14.9 Å². The number of ether oxygens (including phenoxy) is 4. The Morgan fingerprint density at radius 2 is 1.57 bits per heavy atom. The number of rotatable bonds is 4. The Hall–Kier alpha value is -4.07. The first-order chi connectivity index (χ1) is 14.6. The van der Waals surface area contributed by atoms with Crippen molar-refractivity contribution in [3.8, 4) is 23.0 Å². The summed E-state index contributed by atoms with van der Waals surface area (Å²) in [5, 5.41) is 11.4. The molecule has 0 aliphatic carbocycles. The SMILES string of the molecule is O=C(OCc1cc2c(cc1[N+](=O)[O-])OCO2)C1c2ccccc2Oc2ccccc21. The van der Waals surface area contributed by atoms with Gasteiger partial charge in [-0.15, -0.1) is 0 Å². The Balaban J connectivity index is 1.45. The summed E-state index contributed by atoms with van der Waals surface area (Å²) in [5.74, 6) is 0.612. The van der Waals surface area contributed by atoms with Crippen LogP contribution in [0.15, 0.2) is 60.7 Å². The van der Waals surface area contributed by atoms with E-state index in [4.69, 9.17) is 18.9 Å². The van der Waals surface area contributed by atoms with E-state index in [0.717, 1.165) is 0 Å². The fraction of sp³-hybridized carbons (Fsp3) is 0.136. The molecule has 0 saturated heterocycles. The van der Waals surface area contributed by atoms with Crippen LogP contribution in [0.4, 0.5) is 5.69 Å². The highest BCUT2D eigenvalue weighted by atomic mass is 16.7. The highest BCUT2D eigenvalue weighted by Crippen LogP contribution is 2.45. The van der Waals surface area contributed by atoms with Gasteiger partial charge in [0, 0.05) is 11.1 Å². The predicted octanol–water partition coefficient (Wildman–Crippen LogP) is 4.30. The van der Waals surface area contributed by atoms with Gasteiger partial charge in [0.15, 0.2) is 11.5 Å². The number of nitrogens with zero attached hydrogens (tertiary/aromatic N) is 1. The van der Waals surface area contributed by atoms with E-state index in [-0.39, 0.29) is 24.7 Å². The maximum Gasteiger partial charge on any atom is 0.318 e. The minimum absolute atomic E-state index is 0.00856. The fourth-order valence-corrected chi connectivity index (χ4v) is 3.65. The summed E-state index contributed by atoms with van der Waals surface area (Å²) in [7, 11) is 0. The van der Waals surface area contributed by atoms with Crippen LogP contribution < -0.4 is 14.2 Å². The zero-order valence-corrected chi connectivity index (χ0v) is 15.6. The molecule has 0 unspecified atom stereocenters. The molecule has 2 aliphatic rings. The van der Waals surface area contributed by atoms with E-state index >= 15 is 0 Å². The molecule has 5 rings (SSSR count). The van der Waals surface area contributed by atoms with Crippen LogP contribution in [0.25, 0.3) is 0 Å². The average Bonchev–Trinajstić information content (AvgIpc) is 3.22. The molecule has 0 radical (unpaired) electrons. The number of hydrogen-bond donors (Lipinski definition) is 0. The van der Waals surface area contributed by atoms with Crippen LogP contribution in [0.5, 0.6) is 23.0 Å². The van der Waals surface area contributed by atoms with Crippen molar-refractivity contribution < 1.29 is 28.7 Å². The highest BCUT2D eigenvalue weighted by molar-refractivity contribution is 5.85. The van der Waals surface area contributed by atoms with Crippen molar-refractivity contribution in [2.75, 3.05) is 6.79 Å². The molecule has 2 aliphatic heterocycles. The largest absolute Gasteiger partial charge is 0.460 e. The molecule has 2 heterocycles. The summed E-state index contributed by atoms with van der Waals surface area (Å²) in [4.78, 5) is 24.0. The first-order valence-electron chi connectivity index (χ1n) is 9.21. The number of para-hydroxylation sites is 2. The Morgan fingerprint density at radius 1 is 0.967 bits per heavy atom. The first-order valence-corrected chi connectivity index (χ1v) is 9.21. The van der Waals surface area contributed by atoms with E-state index in [1.165, 1.54) is 12.1 Å². The number of benzene rings is 3. The van der Waals surface area contributed by atoms with Gasteiger partial charge in [0.1, 0.15) is 24.0 Å². The van der Waals surface area contributed by atoms with Crippen LogP contribution in [0.2, 0.25) is 0 Å². The maximum atomic E-state index is 13.1. The first kappa shape index (κ1) is 18.0. The minimum Gasteiger partial charge on any atom is -0.460 e. The van der Waals surface area contributed by atoms with Gasteiger partial charge in [0.2, 0.25) is 6.79 Å². The lowest BCUT2D eigenvalue weighted by molar-refractivity contribution is -0.385. The van der Waals surface area contributed by atoms with Gasteiger partial charge in [-0.05, 0) is 18.2 Å². The lowest BCUT2D eigenvalue weighted by Gasteiger charge is -2.26. The molecule has 150 valence electrons. The molecule has 0 fully saturated rings.